The Kier molecular flexibility index (Phi) is 3.64. The van der Waals surface area contributed by atoms with E-state index in [0.717, 1.165) is 40.4 Å². The summed E-state index contributed by atoms with van der Waals surface area (Å²) in [6, 6.07) is 11.7. The molecule has 1 aliphatic carbocycles. The van der Waals surface area contributed by atoms with E-state index in [1.165, 1.54) is 6.33 Å². The maximum atomic E-state index is 12.9. The van der Waals surface area contributed by atoms with Crippen LogP contribution in [0.1, 0.15) is 36.3 Å². The molecule has 0 atom stereocenters. The lowest BCUT2D eigenvalue weighted by Gasteiger charge is -2.28. The van der Waals surface area contributed by atoms with Gasteiger partial charge in [0.25, 0.3) is 0 Å². The van der Waals surface area contributed by atoms with Gasteiger partial charge < -0.3 is 10.3 Å². The van der Waals surface area contributed by atoms with Gasteiger partial charge in [0.2, 0.25) is 0 Å². The molecule has 4 rings (SSSR count). The standard InChI is InChI=1S/C20H20N4O/c1-20(2)10-15-17(16(25)11-20)19(23-13-6-4-3-5-7-13)18(24-15)14-8-9-21-12-22-14/h3-9,12,23-24H,10-11H2,1-2H3. The van der Waals surface area contributed by atoms with Gasteiger partial charge in [-0.15, -0.1) is 0 Å². The second-order valence-electron chi connectivity index (χ2n) is 7.26. The van der Waals surface area contributed by atoms with E-state index in [0.29, 0.717) is 6.42 Å². The molecule has 2 heterocycles. The predicted molar refractivity (Wildman–Crippen MR) is 98.0 cm³/mol. The van der Waals surface area contributed by atoms with Crippen LogP contribution in [0.25, 0.3) is 11.4 Å². The van der Waals surface area contributed by atoms with Crippen LogP contribution in [0.2, 0.25) is 0 Å². The van der Waals surface area contributed by atoms with Gasteiger partial charge in [-0.25, -0.2) is 9.97 Å². The lowest BCUT2D eigenvalue weighted by molar-refractivity contribution is 0.0912. The van der Waals surface area contributed by atoms with Crippen molar-refractivity contribution in [3.63, 3.8) is 0 Å². The molecule has 0 radical (unpaired) electrons. The number of aromatic amines is 1. The molecule has 2 aromatic heterocycles. The minimum absolute atomic E-state index is 0.0398. The summed E-state index contributed by atoms with van der Waals surface area (Å²) < 4.78 is 0. The number of hydrogen-bond acceptors (Lipinski definition) is 4. The van der Waals surface area contributed by atoms with Crippen molar-refractivity contribution in [2.45, 2.75) is 26.7 Å². The van der Waals surface area contributed by atoms with Crippen molar-refractivity contribution < 1.29 is 4.79 Å². The summed E-state index contributed by atoms with van der Waals surface area (Å²) in [7, 11) is 0. The van der Waals surface area contributed by atoms with E-state index in [2.05, 4.69) is 34.1 Å². The topological polar surface area (TPSA) is 70.7 Å². The van der Waals surface area contributed by atoms with Crippen LogP contribution in [0.4, 0.5) is 11.4 Å². The highest BCUT2D eigenvalue weighted by Gasteiger charge is 2.35. The van der Waals surface area contributed by atoms with Crippen molar-refractivity contribution in [1.29, 1.82) is 0 Å². The van der Waals surface area contributed by atoms with Gasteiger partial charge in [0.15, 0.2) is 5.78 Å². The first-order valence-corrected chi connectivity index (χ1v) is 8.40. The van der Waals surface area contributed by atoms with Gasteiger partial charge in [-0.05, 0) is 30.0 Å². The summed E-state index contributed by atoms with van der Waals surface area (Å²) in [5.41, 5.74) is 5.06. The molecule has 2 N–H and O–H groups in total. The van der Waals surface area contributed by atoms with Gasteiger partial charge in [-0.3, -0.25) is 4.79 Å². The van der Waals surface area contributed by atoms with E-state index in [-0.39, 0.29) is 11.2 Å². The molecular weight excluding hydrogens is 312 g/mol. The fourth-order valence-corrected chi connectivity index (χ4v) is 3.48. The molecular formula is C20H20N4O. The molecule has 0 unspecified atom stereocenters. The summed E-state index contributed by atoms with van der Waals surface area (Å²) in [6.07, 6.45) is 4.61. The number of Topliss-reactive ketones (excluding diaryl/α,β-unsaturated/α-hetero) is 1. The Balaban J connectivity index is 1.88. The second kappa shape index (κ2) is 5.84. The van der Waals surface area contributed by atoms with Crippen LogP contribution in [-0.2, 0) is 6.42 Å². The van der Waals surface area contributed by atoms with Crippen LogP contribution >= 0.6 is 0 Å². The highest BCUT2D eigenvalue weighted by atomic mass is 16.1. The minimum atomic E-state index is -0.0398. The van der Waals surface area contributed by atoms with E-state index in [1.54, 1.807) is 6.20 Å². The molecule has 126 valence electrons. The number of H-pyrrole nitrogens is 1. The molecule has 1 aromatic carbocycles. The SMILES string of the molecule is CC1(C)CC(=O)c2c([nH]c(-c3ccncn3)c2Nc2ccccc2)C1. The van der Waals surface area contributed by atoms with Crippen molar-refractivity contribution in [2.75, 3.05) is 5.32 Å². The van der Waals surface area contributed by atoms with Crippen LogP contribution in [-0.4, -0.2) is 20.7 Å². The molecule has 5 nitrogen and oxygen atoms in total. The van der Waals surface area contributed by atoms with E-state index >= 15 is 0 Å². The van der Waals surface area contributed by atoms with Crippen LogP contribution in [0.5, 0.6) is 0 Å². The van der Waals surface area contributed by atoms with Crippen molar-refractivity contribution in [3.8, 4) is 11.4 Å². The molecule has 0 spiro atoms. The normalized spacial score (nSPS) is 15.7. The lowest BCUT2D eigenvalue weighted by Crippen LogP contribution is -2.26. The summed E-state index contributed by atoms with van der Waals surface area (Å²) in [5.74, 6) is 0.168. The van der Waals surface area contributed by atoms with E-state index in [1.807, 2.05) is 36.4 Å². The number of aromatic nitrogens is 3. The Labute approximate surface area is 146 Å². The van der Waals surface area contributed by atoms with Crippen LogP contribution < -0.4 is 5.32 Å². The van der Waals surface area contributed by atoms with Crippen molar-refractivity contribution in [1.82, 2.24) is 15.0 Å². The Morgan fingerprint density at radius 3 is 2.64 bits per heavy atom. The molecule has 1 aliphatic rings. The van der Waals surface area contributed by atoms with Gasteiger partial charge in [-0.1, -0.05) is 32.0 Å². The Morgan fingerprint density at radius 1 is 1.12 bits per heavy atom. The summed E-state index contributed by atoms with van der Waals surface area (Å²) in [5, 5.41) is 3.42. The van der Waals surface area contributed by atoms with Crippen LogP contribution in [0, 0.1) is 5.41 Å². The van der Waals surface area contributed by atoms with Gasteiger partial charge in [0.05, 0.1) is 22.6 Å². The number of rotatable bonds is 3. The summed E-state index contributed by atoms with van der Waals surface area (Å²) in [4.78, 5) is 24.7. The largest absolute Gasteiger partial charge is 0.355 e. The first kappa shape index (κ1) is 15.6. The van der Waals surface area contributed by atoms with E-state index in [4.69, 9.17) is 0 Å². The fraction of sp³-hybridized carbons (Fsp3) is 0.250. The average molecular weight is 332 g/mol. The van der Waals surface area contributed by atoms with Crippen molar-refractivity contribution >= 4 is 17.2 Å². The van der Waals surface area contributed by atoms with Gasteiger partial charge >= 0.3 is 0 Å². The van der Waals surface area contributed by atoms with E-state index in [9.17, 15) is 4.79 Å². The summed E-state index contributed by atoms with van der Waals surface area (Å²) >= 11 is 0. The number of nitrogens with one attached hydrogen (secondary N) is 2. The number of fused-ring (bicyclic) bond motifs is 1. The lowest BCUT2D eigenvalue weighted by atomic mass is 9.76. The van der Waals surface area contributed by atoms with Gasteiger partial charge in [0.1, 0.15) is 6.33 Å². The molecule has 0 fully saturated rings. The quantitative estimate of drug-likeness (QED) is 0.747. The number of hydrogen-bond donors (Lipinski definition) is 2. The summed E-state index contributed by atoms with van der Waals surface area (Å²) in [6.45, 7) is 4.26. The predicted octanol–water partition coefficient (Wildman–Crippen LogP) is 4.37. The first-order chi connectivity index (χ1) is 12.0. The molecule has 3 aromatic rings. The zero-order chi connectivity index (χ0) is 17.4. The highest BCUT2D eigenvalue weighted by molar-refractivity contribution is 6.07. The zero-order valence-electron chi connectivity index (χ0n) is 14.3. The molecule has 0 bridgehead atoms. The molecule has 0 saturated carbocycles. The van der Waals surface area contributed by atoms with Crippen LogP contribution in [0.3, 0.4) is 0 Å². The second-order valence-corrected chi connectivity index (χ2v) is 7.26. The van der Waals surface area contributed by atoms with Crippen molar-refractivity contribution in [2.24, 2.45) is 5.41 Å². The molecule has 0 saturated heterocycles. The maximum Gasteiger partial charge on any atom is 0.167 e. The third-order valence-corrected chi connectivity index (χ3v) is 4.53. The number of nitrogens with zero attached hydrogens (tertiary/aromatic N) is 2. The number of benzene rings is 1. The Morgan fingerprint density at radius 2 is 1.92 bits per heavy atom. The Bertz CT molecular complexity index is 914. The van der Waals surface area contributed by atoms with E-state index < -0.39 is 0 Å². The molecule has 25 heavy (non-hydrogen) atoms. The fourth-order valence-electron chi connectivity index (χ4n) is 3.48. The number of carbonyl (C=O) groups excluding carboxylic acids is 1. The monoisotopic (exact) mass is 332 g/mol. The number of para-hydroxylation sites is 1. The third-order valence-electron chi connectivity index (χ3n) is 4.53. The maximum absolute atomic E-state index is 12.9. The van der Waals surface area contributed by atoms with Crippen LogP contribution in [0.15, 0.2) is 48.9 Å². The molecule has 0 aliphatic heterocycles. The Hall–Kier alpha value is -2.95. The minimum Gasteiger partial charge on any atom is -0.355 e. The number of anilines is 2. The van der Waals surface area contributed by atoms with Gasteiger partial charge in [0, 0.05) is 24.0 Å². The van der Waals surface area contributed by atoms with Gasteiger partial charge in [-0.2, -0.15) is 0 Å². The zero-order valence-corrected chi connectivity index (χ0v) is 14.3. The molecule has 5 heteroatoms. The molecule has 0 amide bonds. The third kappa shape index (κ3) is 2.93. The average Bonchev–Trinajstić information content (AvgIpc) is 2.93. The number of ketones is 1. The number of carbonyl (C=O) groups is 1. The first-order valence-electron chi connectivity index (χ1n) is 8.40. The smallest absolute Gasteiger partial charge is 0.167 e. The van der Waals surface area contributed by atoms with Crippen molar-refractivity contribution in [3.05, 3.63) is 60.2 Å². The highest BCUT2D eigenvalue weighted by Crippen LogP contribution is 2.42.